The molecule has 1 aromatic rings. The molecule has 0 saturated heterocycles. The zero-order valence-electron chi connectivity index (χ0n) is 7.05. The lowest BCUT2D eigenvalue weighted by Gasteiger charge is -2.02. The van der Waals surface area contributed by atoms with Crippen LogP contribution in [-0.2, 0) is 6.54 Å². The highest BCUT2D eigenvalue weighted by Crippen LogP contribution is 2.32. The first kappa shape index (κ1) is 8.66. The first-order valence-corrected chi connectivity index (χ1v) is 4.59. The number of hydrogen-bond acceptors (Lipinski definition) is 3. The van der Waals surface area contributed by atoms with E-state index in [1.165, 1.54) is 0 Å². The summed E-state index contributed by atoms with van der Waals surface area (Å²) in [6.45, 7) is 1.07. The molecule has 0 spiro atoms. The van der Waals surface area contributed by atoms with Crippen molar-refractivity contribution in [2.45, 2.75) is 6.54 Å². The van der Waals surface area contributed by atoms with E-state index in [1.54, 1.807) is 0 Å². The van der Waals surface area contributed by atoms with Crippen molar-refractivity contribution >= 4 is 11.6 Å². The lowest BCUT2D eigenvalue weighted by molar-refractivity contribution is 0.174. The fraction of sp³-hybridized carbons (Fsp3) is 0.333. The van der Waals surface area contributed by atoms with Crippen molar-refractivity contribution in [1.29, 1.82) is 0 Å². The lowest BCUT2D eigenvalue weighted by Crippen LogP contribution is -2.09. The van der Waals surface area contributed by atoms with Crippen LogP contribution in [0.4, 0.5) is 0 Å². The Balaban J connectivity index is 2.12. The van der Waals surface area contributed by atoms with Crippen LogP contribution >= 0.6 is 11.6 Å². The normalized spacial score (nSPS) is 13.3. The van der Waals surface area contributed by atoms with Gasteiger partial charge in [0.1, 0.15) is 0 Å². The van der Waals surface area contributed by atoms with Crippen molar-refractivity contribution in [3.8, 4) is 11.5 Å². The summed E-state index contributed by atoms with van der Waals surface area (Å²) in [7, 11) is 0. The molecule has 0 fully saturated rings. The highest BCUT2D eigenvalue weighted by atomic mass is 35.5. The second-order valence-corrected chi connectivity index (χ2v) is 3.02. The van der Waals surface area contributed by atoms with Gasteiger partial charge in [0.25, 0.3) is 0 Å². The molecule has 1 N–H and O–H groups in total. The number of fused-ring (bicyclic) bond motifs is 1. The summed E-state index contributed by atoms with van der Waals surface area (Å²) in [5.74, 6) is 1.63. The summed E-state index contributed by atoms with van der Waals surface area (Å²) in [6, 6.07) is 6.32. The van der Waals surface area contributed by atoms with E-state index in [1.807, 2.05) is 18.2 Å². The number of nitrogens with one attached hydrogen (secondary N) is 1. The molecule has 3 nitrogen and oxygen atoms in total. The number of hydrogen-bond donors (Lipinski definition) is 1. The monoisotopic (exact) mass is 199 g/mol. The van der Waals surface area contributed by atoms with E-state index < -0.39 is 0 Å². The molecule has 0 radical (unpaired) electrons. The predicted octanol–water partition coefficient (Wildman–Crippen LogP) is 1.70. The average Bonchev–Trinajstić information content (AvgIpc) is 2.61. The van der Waals surface area contributed by atoms with Crippen LogP contribution in [0.3, 0.4) is 0 Å². The number of ether oxygens (including phenoxy) is 2. The molecule has 1 aromatic carbocycles. The van der Waals surface area contributed by atoms with E-state index in [-0.39, 0.29) is 0 Å². The minimum atomic E-state index is 0.321. The van der Waals surface area contributed by atoms with Gasteiger partial charge in [-0.15, -0.1) is 11.6 Å². The standard InChI is InChI=1S/C9H10ClNO2/c10-5-11-4-7-1-2-8-9(3-7)13-6-12-8/h1-3,11H,4-6H2. The molecule has 0 amide bonds. The van der Waals surface area contributed by atoms with Gasteiger partial charge in [0, 0.05) is 6.54 Å². The maximum absolute atomic E-state index is 5.50. The summed E-state index contributed by atoms with van der Waals surface area (Å²) < 4.78 is 10.4. The SMILES string of the molecule is ClCNCc1ccc2c(c1)OCO2. The summed E-state index contributed by atoms with van der Waals surface area (Å²) in [4.78, 5) is 0. The molecule has 0 aromatic heterocycles. The summed E-state index contributed by atoms with van der Waals surface area (Å²) in [6.07, 6.45) is 0. The molecule has 0 bridgehead atoms. The molecular formula is C9H10ClNO2. The number of alkyl halides is 1. The molecule has 13 heavy (non-hydrogen) atoms. The van der Waals surface area contributed by atoms with E-state index in [0.717, 1.165) is 23.6 Å². The average molecular weight is 200 g/mol. The summed E-state index contributed by atoms with van der Waals surface area (Å²) in [5.41, 5.74) is 1.14. The second-order valence-electron chi connectivity index (χ2n) is 2.75. The van der Waals surface area contributed by atoms with Gasteiger partial charge < -0.3 is 9.47 Å². The number of halogens is 1. The van der Waals surface area contributed by atoms with Crippen LogP contribution in [0.1, 0.15) is 5.56 Å². The van der Waals surface area contributed by atoms with Crippen LogP contribution in [0, 0.1) is 0 Å². The van der Waals surface area contributed by atoms with E-state index >= 15 is 0 Å². The van der Waals surface area contributed by atoms with Gasteiger partial charge in [0.2, 0.25) is 6.79 Å². The predicted molar refractivity (Wildman–Crippen MR) is 50.1 cm³/mol. The Hall–Kier alpha value is -0.930. The van der Waals surface area contributed by atoms with E-state index in [9.17, 15) is 0 Å². The zero-order valence-corrected chi connectivity index (χ0v) is 7.80. The smallest absolute Gasteiger partial charge is 0.231 e. The van der Waals surface area contributed by atoms with Gasteiger partial charge in [-0.1, -0.05) is 6.07 Å². The van der Waals surface area contributed by atoms with Crippen molar-refractivity contribution < 1.29 is 9.47 Å². The molecule has 0 aliphatic carbocycles. The van der Waals surface area contributed by atoms with Crippen LogP contribution in [0.25, 0.3) is 0 Å². The largest absolute Gasteiger partial charge is 0.454 e. The Morgan fingerprint density at radius 3 is 3.00 bits per heavy atom. The Labute approximate surface area is 81.6 Å². The van der Waals surface area contributed by atoms with Crippen LogP contribution in [0.2, 0.25) is 0 Å². The molecule has 70 valence electrons. The number of benzene rings is 1. The molecule has 0 saturated carbocycles. The first-order valence-electron chi connectivity index (χ1n) is 4.05. The topological polar surface area (TPSA) is 30.5 Å². The quantitative estimate of drug-likeness (QED) is 0.594. The van der Waals surface area contributed by atoms with Gasteiger partial charge in [0.05, 0.1) is 6.00 Å². The highest BCUT2D eigenvalue weighted by molar-refractivity contribution is 6.17. The van der Waals surface area contributed by atoms with Crippen LogP contribution in [0.15, 0.2) is 18.2 Å². The van der Waals surface area contributed by atoms with Gasteiger partial charge in [-0.3, -0.25) is 5.32 Å². The first-order chi connectivity index (χ1) is 6.40. The zero-order chi connectivity index (χ0) is 9.10. The number of rotatable bonds is 3. The van der Waals surface area contributed by atoms with E-state index in [4.69, 9.17) is 21.1 Å². The third-order valence-electron chi connectivity index (χ3n) is 1.86. The molecule has 1 aliphatic rings. The summed E-state index contributed by atoms with van der Waals surface area (Å²) >= 11 is 5.50. The molecule has 0 unspecified atom stereocenters. The fourth-order valence-corrected chi connectivity index (χ4v) is 1.34. The minimum Gasteiger partial charge on any atom is -0.454 e. The Morgan fingerprint density at radius 1 is 1.31 bits per heavy atom. The van der Waals surface area contributed by atoms with Crippen LogP contribution in [0.5, 0.6) is 11.5 Å². The van der Waals surface area contributed by atoms with Crippen molar-refractivity contribution in [3.63, 3.8) is 0 Å². The van der Waals surface area contributed by atoms with Crippen LogP contribution in [-0.4, -0.2) is 12.8 Å². The molecular weight excluding hydrogens is 190 g/mol. The van der Waals surface area contributed by atoms with Gasteiger partial charge in [0.15, 0.2) is 11.5 Å². The molecule has 1 heterocycles. The third-order valence-corrected chi connectivity index (χ3v) is 2.05. The fourth-order valence-electron chi connectivity index (χ4n) is 1.24. The van der Waals surface area contributed by atoms with Gasteiger partial charge >= 0.3 is 0 Å². The molecule has 1 aliphatic heterocycles. The van der Waals surface area contributed by atoms with Gasteiger partial charge in [-0.2, -0.15) is 0 Å². The Kier molecular flexibility index (Phi) is 2.57. The van der Waals surface area contributed by atoms with Crippen molar-refractivity contribution in [2.24, 2.45) is 0 Å². The molecule has 0 atom stereocenters. The maximum atomic E-state index is 5.50. The second kappa shape index (κ2) is 3.85. The van der Waals surface area contributed by atoms with E-state index in [0.29, 0.717) is 12.8 Å². The molecule has 2 rings (SSSR count). The van der Waals surface area contributed by atoms with Gasteiger partial charge in [-0.05, 0) is 17.7 Å². The Morgan fingerprint density at radius 2 is 2.15 bits per heavy atom. The highest BCUT2D eigenvalue weighted by Gasteiger charge is 2.12. The maximum Gasteiger partial charge on any atom is 0.231 e. The van der Waals surface area contributed by atoms with Crippen LogP contribution < -0.4 is 14.8 Å². The van der Waals surface area contributed by atoms with Crippen molar-refractivity contribution in [3.05, 3.63) is 23.8 Å². The minimum absolute atomic E-state index is 0.321. The summed E-state index contributed by atoms with van der Waals surface area (Å²) in [5, 5.41) is 3.02. The lowest BCUT2D eigenvalue weighted by atomic mass is 10.2. The van der Waals surface area contributed by atoms with Crippen molar-refractivity contribution in [2.75, 3.05) is 12.8 Å². The third kappa shape index (κ3) is 1.87. The van der Waals surface area contributed by atoms with Crippen molar-refractivity contribution in [1.82, 2.24) is 5.32 Å². The van der Waals surface area contributed by atoms with E-state index in [2.05, 4.69) is 5.32 Å². The van der Waals surface area contributed by atoms with Gasteiger partial charge in [-0.25, -0.2) is 0 Å². The Bertz CT molecular complexity index is 304. The molecule has 4 heteroatoms.